The smallest absolute Gasteiger partial charge is 0.303 e. The Bertz CT molecular complexity index is 476. The van der Waals surface area contributed by atoms with Crippen LogP contribution in [0, 0.1) is 0 Å². The van der Waals surface area contributed by atoms with E-state index in [1.165, 1.54) is 6.92 Å². The maximum atomic E-state index is 11.3. The Morgan fingerprint density at radius 3 is 2.71 bits per heavy atom. The van der Waals surface area contributed by atoms with E-state index in [0.29, 0.717) is 6.61 Å². The molecule has 1 atom stereocenters. The number of benzene rings is 1. The van der Waals surface area contributed by atoms with Gasteiger partial charge in [-0.3, -0.25) is 4.79 Å². The summed E-state index contributed by atoms with van der Waals surface area (Å²) in [4.78, 5) is 11.3. The van der Waals surface area contributed by atoms with Crippen LogP contribution in [-0.4, -0.2) is 19.7 Å². The van der Waals surface area contributed by atoms with Crippen LogP contribution in [0.1, 0.15) is 25.0 Å². The fourth-order valence-corrected chi connectivity index (χ4v) is 2.36. The van der Waals surface area contributed by atoms with E-state index in [0.717, 1.165) is 16.7 Å². The van der Waals surface area contributed by atoms with E-state index >= 15 is 0 Å². The van der Waals surface area contributed by atoms with E-state index in [2.05, 4.69) is 0 Å². The second-order valence-corrected chi connectivity index (χ2v) is 4.27. The molecule has 3 heteroatoms. The number of carbonyl (C=O) groups is 1. The molecule has 2 rings (SSSR count). The minimum Gasteiger partial charge on any atom is -0.447 e. The molecule has 1 unspecified atom stereocenters. The third-order valence-corrected chi connectivity index (χ3v) is 3.07. The molecule has 0 spiro atoms. The predicted octanol–water partition coefficient (Wildman–Crippen LogP) is 2.51. The molecule has 1 aromatic rings. The van der Waals surface area contributed by atoms with Gasteiger partial charge in [-0.15, -0.1) is 0 Å². The van der Waals surface area contributed by atoms with Crippen molar-refractivity contribution in [1.29, 1.82) is 0 Å². The quantitative estimate of drug-likeness (QED) is 0.751. The molecule has 0 radical (unpaired) electrons. The van der Waals surface area contributed by atoms with Crippen LogP contribution < -0.4 is 0 Å². The molecular weight excluding hydrogens is 216 g/mol. The predicted molar refractivity (Wildman–Crippen MR) is 65.4 cm³/mol. The molecule has 0 N–H and O–H groups in total. The van der Waals surface area contributed by atoms with Gasteiger partial charge in [0.15, 0.2) is 5.60 Å². The summed E-state index contributed by atoms with van der Waals surface area (Å²) in [7, 11) is 1.61. The zero-order chi connectivity index (χ0) is 12.5. The maximum Gasteiger partial charge on any atom is 0.303 e. The van der Waals surface area contributed by atoms with E-state index < -0.39 is 5.60 Å². The van der Waals surface area contributed by atoms with Crippen molar-refractivity contribution >= 4 is 12.0 Å². The minimum atomic E-state index is -0.753. The van der Waals surface area contributed by atoms with Crippen molar-refractivity contribution in [2.75, 3.05) is 13.7 Å². The van der Waals surface area contributed by atoms with Gasteiger partial charge in [0.05, 0.1) is 6.61 Å². The highest BCUT2D eigenvalue weighted by Crippen LogP contribution is 2.42. The molecule has 0 fully saturated rings. The Morgan fingerprint density at radius 1 is 1.35 bits per heavy atom. The maximum absolute atomic E-state index is 11.3. The van der Waals surface area contributed by atoms with Gasteiger partial charge in [-0.1, -0.05) is 30.3 Å². The van der Waals surface area contributed by atoms with Crippen LogP contribution in [0.2, 0.25) is 0 Å². The summed E-state index contributed by atoms with van der Waals surface area (Å²) in [5.41, 5.74) is 2.32. The van der Waals surface area contributed by atoms with Gasteiger partial charge in [-0.25, -0.2) is 0 Å². The van der Waals surface area contributed by atoms with Crippen molar-refractivity contribution in [3.05, 3.63) is 41.0 Å². The zero-order valence-electron chi connectivity index (χ0n) is 10.3. The topological polar surface area (TPSA) is 35.5 Å². The number of esters is 1. The third-order valence-electron chi connectivity index (χ3n) is 3.07. The third kappa shape index (κ3) is 1.87. The molecule has 0 bridgehead atoms. The Labute approximate surface area is 101 Å². The van der Waals surface area contributed by atoms with Gasteiger partial charge in [0.1, 0.15) is 0 Å². The normalized spacial score (nSPS) is 21.9. The molecule has 1 aliphatic rings. The second-order valence-electron chi connectivity index (χ2n) is 4.27. The van der Waals surface area contributed by atoms with Gasteiger partial charge >= 0.3 is 5.97 Å². The van der Waals surface area contributed by atoms with Gasteiger partial charge in [0, 0.05) is 19.6 Å². The molecule has 0 heterocycles. The molecule has 17 heavy (non-hydrogen) atoms. The molecule has 0 aromatic heterocycles. The van der Waals surface area contributed by atoms with E-state index in [4.69, 9.17) is 9.47 Å². The molecular formula is C14H16O3. The van der Waals surface area contributed by atoms with Crippen LogP contribution in [0.3, 0.4) is 0 Å². The number of carbonyl (C=O) groups excluding carboxylic acids is 1. The average molecular weight is 232 g/mol. The van der Waals surface area contributed by atoms with Crippen molar-refractivity contribution in [2.45, 2.75) is 19.4 Å². The molecule has 0 amide bonds. The van der Waals surface area contributed by atoms with E-state index in [9.17, 15) is 4.79 Å². The van der Waals surface area contributed by atoms with Crippen molar-refractivity contribution in [2.24, 2.45) is 0 Å². The van der Waals surface area contributed by atoms with Crippen molar-refractivity contribution < 1.29 is 14.3 Å². The van der Waals surface area contributed by atoms with Gasteiger partial charge in [-0.05, 0) is 18.1 Å². The molecule has 0 saturated carbocycles. The molecule has 1 aliphatic carbocycles. The van der Waals surface area contributed by atoms with Gasteiger partial charge in [0.2, 0.25) is 0 Å². The lowest BCUT2D eigenvalue weighted by atomic mass is 9.91. The van der Waals surface area contributed by atoms with Crippen LogP contribution in [0.15, 0.2) is 29.8 Å². The summed E-state index contributed by atoms with van der Waals surface area (Å²) in [6.45, 7) is 3.72. The highest BCUT2D eigenvalue weighted by molar-refractivity contribution is 5.73. The average Bonchev–Trinajstić information content (AvgIpc) is 2.53. The first-order chi connectivity index (χ1) is 8.10. The zero-order valence-corrected chi connectivity index (χ0v) is 10.3. The highest BCUT2D eigenvalue weighted by Gasteiger charge is 2.42. The fourth-order valence-electron chi connectivity index (χ4n) is 2.36. The summed E-state index contributed by atoms with van der Waals surface area (Å²) in [6, 6.07) is 7.91. The lowest BCUT2D eigenvalue weighted by Gasteiger charge is -2.31. The standard InChI is InChI=1S/C14H16O3/c1-10-8-12-6-4-5-7-13(12)14(10,9-16-3)17-11(2)15/h4-8H,9H2,1-3H3. The Hall–Kier alpha value is -1.61. The summed E-state index contributed by atoms with van der Waals surface area (Å²) in [5, 5.41) is 0. The lowest BCUT2D eigenvalue weighted by molar-refractivity contribution is -0.159. The van der Waals surface area contributed by atoms with Gasteiger partial charge in [-0.2, -0.15) is 0 Å². The molecule has 0 saturated heterocycles. The number of hydrogen-bond acceptors (Lipinski definition) is 3. The largest absolute Gasteiger partial charge is 0.447 e. The van der Waals surface area contributed by atoms with Crippen LogP contribution >= 0.6 is 0 Å². The number of hydrogen-bond donors (Lipinski definition) is 0. The monoisotopic (exact) mass is 232 g/mol. The number of fused-ring (bicyclic) bond motifs is 1. The summed E-state index contributed by atoms with van der Waals surface area (Å²) in [6.07, 6.45) is 2.04. The Morgan fingerprint density at radius 2 is 2.06 bits per heavy atom. The molecule has 1 aromatic carbocycles. The first-order valence-corrected chi connectivity index (χ1v) is 5.57. The first kappa shape index (κ1) is 11.9. The Balaban J connectivity index is 2.52. The number of rotatable bonds is 3. The lowest BCUT2D eigenvalue weighted by Crippen LogP contribution is -2.36. The van der Waals surface area contributed by atoms with Crippen LogP contribution in [0.5, 0.6) is 0 Å². The van der Waals surface area contributed by atoms with Gasteiger partial charge in [0.25, 0.3) is 0 Å². The van der Waals surface area contributed by atoms with Crippen LogP contribution in [0.4, 0.5) is 0 Å². The van der Waals surface area contributed by atoms with Gasteiger partial charge < -0.3 is 9.47 Å². The first-order valence-electron chi connectivity index (χ1n) is 5.57. The number of methoxy groups -OCH3 is 1. The van der Waals surface area contributed by atoms with Crippen LogP contribution in [0.25, 0.3) is 6.08 Å². The van der Waals surface area contributed by atoms with Crippen LogP contribution in [-0.2, 0) is 19.9 Å². The van der Waals surface area contributed by atoms with E-state index in [1.807, 2.05) is 37.3 Å². The second kappa shape index (κ2) is 4.34. The van der Waals surface area contributed by atoms with Crippen molar-refractivity contribution in [3.8, 4) is 0 Å². The van der Waals surface area contributed by atoms with Crippen molar-refractivity contribution in [3.63, 3.8) is 0 Å². The summed E-state index contributed by atoms with van der Waals surface area (Å²) < 4.78 is 10.8. The Kier molecular flexibility index (Phi) is 3.03. The SMILES string of the molecule is COCC1(OC(C)=O)C(C)=Cc2ccccc21. The highest BCUT2D eigenvalue weighted by atomic mass is 16.6. The van der Waals surface area contributed by atoms with E-state index in [-0.39, 0.29) is 5.97 Å². The molecule has 0 aliphatic heterocycles. The summed E-state index contributed by atoms with van der Waals surface area (Å²) in [5.74, 6) is -0.300. The van der Waals surface area contributed by atoms with Crippen molar-refractivity contribution in [1.82, 2.24) is 0 Å². The fraction of sp³-hybridized carbons (Fsp3) is 0.357. The molecule has 3 nitrogen and oxygen atoms in total. The number of ether oxygens (including phenoxy) is 2. The minimum absolute atomic E-state index is 0.300. The van der Waals surface area contributed by atoms with E-state index in [1.54, 1.807) is 7.11 Å². The summed E-state index contributed by atoms with van der Waals surface area (Å²) >= 11 is 0. The molecule has 90 valence electrons.